The summed E-state index contributed by atoms with van der Waals surface area (Å²) in [6.07, 6.45) is 3.92. The molecule has 3 rings (SSSR count). The largest absolute Gasteiger partial charge is 0.379 e. The summed E-state index contributed by atoms with van der Waals surface area (Å²) in [5.41, 5.74) is 1.18. The second kappa shape index (κ2) is 11.6. The van der Waals surface area contributed by atoms with Crippen LogP contribution in [0.25, 0.3) is 0 Å². The van der Waals surface area contributed by atoms with Crippen LogP contribution in [0.3, 0.4) is 0 Å². The predicted molar refractivity (Wildman–Crippen MR) is 121 cm³/mol. The molecule has 7 nitrogen and oxygen atoms in total. The number of guanidine groups is 1. The van der Waals surface area contributed by atoms with Gasteiger partial charge >= 0.3 is 0 Å². The molecule has 0 spiro atoms. The van der Waals surface area contributed by atoms with Gasteiger partial charge in [-0.05, 0) is 23.9 Å². The third-order valence-corrected chi connectivity index (χ3v) is 5.41. The lowest BCUT2D eigenvalue weighted by atomic mass is 10.2. The van der Waals surface area contributed by atoms with Gasteiger partial charge in [-0.25, -0.2) is 0 Å². The number of nitrogens with one attached hydrogen (secondary N) is 2. The van der Waals surface area contributed by atoms with Crippen LogP contribution >= 0.6 is 35.3 Å². The minimum absolute atomic E-state index is 0. The predicted octanol–water partition coefficient (Wildman–Crippen LogP) is 2.11. The summed E-state index contributed by atoms with van der Waals surface area (Å²) >= 11 is 1.81. The molecule has 1 saturated heterocycles. The molecule has 2 aromatic rings. The third kappa shape index (κ3) is 6.74. The van der Waals surface area contributed by atoms with Gasteiger partial charge in [0.25, 0.3) is 0 Å². The lowest BCUT2D eigenvalue weighted by molar-refractivity contribution is 0.0177. The molecular formula is C18H29IN6OS. The van der Waals surface area contributed by atoms with E-state index in [4.69, 9.17) is 4.74 Å². The molecule has 0 amide bonds. The summed E-state index contributed by atoms with van der Waals surface area (Å²) in [6.45, 7) is 8.00. The summed E-state index contributed by atoms with van der Waals surface area (Å²) in [7, 11) is 1.81. The number of aryl methyl sites for hydroxylation is 1. The fourth-order valence-electron chi connectivity index (χ4n) is 3.07. The molecule has 1 fully saturated rings. The molecule has 0 radical (unpaired) electrons. The number of morpholine rings is 1. The Balaban J connectivity index is 0.00000261. The molecule has 27 heavy (non-hydrogen) atoms. The molecule has 3 heterocycles. The Morgan fingerprint density at radius 2 is 2.19 bits per heavy atom. The van der Waals surface area contributed by atoms with Gasteiger partial charge < -0.3 is 15.4 Å². The van der Waals surface area contributed by atoms with Crippen molar-refractivity contribution < 1.29 is 4.74 Å². The maximum absolute atomic E-state index is 5.51. The van der Waals surface area contributed by atoms with E-state index in [-0.39, 0.29) is 24.0 Å². The van der Waals surface area contributed by atoms with Crippen LogP contribution in [0.4, 0.5) is 0 Å². The van der Waals surface area contributed by atoms with Crippen LogP contribution in [0.15, 0.2) is 34.9 Å². The third-order valence-electron chi connectivity index (χ3n) is 4.44. The lowest BCUT2D eigenvalue weighted by Gasteiger charge is -2.34. The highest BCUT2D eigenvalue weighted by molar-refractivity contribution is 14.0. The maximum Gasteiger partial charge on any atom is 0.191 e. The molecule has 1 unspecified atom stereocenters. The Morgan fingerprint density at radius 1 is 1.37 bits per heavy atom. The number of rotatable bonds is 7. The summed E-state index contributed by atoms with van der Waals surface area (Å²) in [6, 6.07) is 4.67. The Kier molecular flexibility index (Phi) is 9.52. The zero-order chi connectivity index (χ0) is 18.2. The SMILES string of the molecule is CN=C(NCCn1cc(C)cn1)NCC(c1cccs1)N1CCOCC1.I. The van der Waals surface area contributed by atoms with Gasteiger partial charge in [0.15, 0.2) is 5.96 Å². The number of ether oxygens (including phenoxy) is 1. The number of nitrogens with zero attached hydrogens (tertiary/aromatic N) is 4. The number of hydrogen-bond donors (Lipinski definition) is 2. The van der Waals surface area contributed by atoms with Crippen LogP contribution in [0.1, 0.15) is 16.5 Å². The second-order valence-corrected chi connectivity index (χ2v) is 7.32. The standard InChI is InChI=1S/C18H28N6OS.HI/c1-15-12-22-24(14-15)6-5-20-18(19-2)21-13-16(17-4-3-11-26-17)23-7-9-25-10-8-23;/h3-4,11-12,14,16H,5-10,13H2,1-2H3,(H2,19,20,21);1H. The van der Waals surface area contributed by atoms with Crippen molar-refractivity contribution in [3.63, 3.8) is 0 Å². The first kappa shape index (κ1) is 22.1. The van der Waals surface area contributed by atoms with Crippen LogP contribution in [-0.4, -0.2) is 67.1 Å². The molecule has 2 N–H and O–H groups in total. The Bertz CT molecular complexity index is 684. The smallest absolute Gasteiger partial charge is 0.191 e. The first-order valence-electron chi connectivity index (χ1n) is 9.05. The molecule has 2 aromatic heterocycles. The van der Waals surface area contributed by atoms with Crippen molar-refractivity contribution in [3.05, 3.63) is 40.3 Å². The minimum Gasteiger partial charge on any atom is -0.379 e. The number of aliphatic imine (C=N–C) groups is 1. The molecule has 1 aliphatic rings. The zero-order valence-electron chi connectivity index (χ0n) is 15.9. The molecule has 0 aromatic carbocycles. The quantitative estimate of drug-likeness (QED) is 0.344. The summed E-state index contributed by atoms with van der Waals surface area (Å²) in [5, 5.41) is 13.3. The van der Waals surface area contributed by atoms with E-state index < -0.39 is 0 Å². The van der Waals surface area contributed by atoms with Gasteiger partial charge in [0.05, 0.1) is 32.0 Å². The number of halogens is 1. The maximum atomic E-state index is 5.51. The highest BCUT2D eigenvalue weighted by Gasteiger charge is 2.23. The van der Waals surface area contributed by atoms with E-state index in [1.807, 2.05) is 42.4 Å². The molecule has 150 valence electrons. The van der Waals surface area contributed by atoms with Crippen LogP contribution in [0, 0.1) is 6.92 Å². The van der Waals surface area contributed by atoms with Crippen LogP contribution in [0.2, 0.25) is 0 Å². The van der Waals surface area contributed by atoms with Crippen molar-refractivity contribution in [1.29, 1.82) is 0 Å². The Hall–Kier alpha value is -1.17. The monoisotopic (exact) mass is 504 g/mol. The fraction of sp³-hybridized carbons (Fsp3) is 0.556. The van der Waals surface area contributed by atoms with Gasteiger partial charge in [0, 0.05) is 44.3 Å². The van der Waals surface area contributed by atoms with Crippen molar-refractivity contribution in [2.75, 3.05) is 46.4 Å². The number of hydrogen-bond acceptors (Lipinski definition) is 5. The molecule has 1 aliphatic heterocycles. The second-order valence-electron chi connectivity index (χ2n) is 6.34. The Labute approximate surface area is 182 Å². The van der Waals surface area contributed by atoms with Gasteiger partial charge in [-0.2, -0.15) is 5.10 Å². The summed E-state index contributed by atoms with van der Waals surface area (Å²) in [5.74, 6) is 0.823. The highest BCUT2D eigenvalue weighted by atomic mass is 127. The zero-order valence-corrected chi connectivity index (χ0v) is 19.1. The minimum atomic E-state index is 0. The van der Waals surface area contributed by atoms with E-state index in [9.17, 15) is 0 Å². The Morgan fingerprint density at radius 3 is 2.81 bits per heavy atom. The van der Waals surface area contributed by atoms with E-state index in [2.05, 4.69) is 43.1 Å². The van der Waals surface area contributed by atoms with Crippen LogP contribution < -0.4 is 10.6 Å². The van der Waals surface area contributed by atoms with Crippen molar-refractivity contribution >= 4 is 41.3 Å². The average molecular weight is 504 g/mol. The van der Waals surface area contributed by atoms with Crippen molar-refractivity contribution in [3.8, 4) is 0 Å². The molecule has 1 atom stereocenters. The molecular weight excluding hydrogens is 475 g/mol. The molecule has 0 bridgehead atoms. The first-order valence-corrected chi connectivity index (χ1v) is 9.93. The van der Waals surface area contributed by atoms with Gasteiger partial charge in [-0.1, -0.05) is 6.07 Å². The first-order chi connectivity index (χ1) is 12.8. The topological polar surface area (TPSA) is 66.7 Å². The van der Waals surface area contributed by atoms with E-state index >= 15 is 0 Å². The van der Waals surface area contributed by atoms with E-state index in [1.165, 1.54) is 10.4 Å². The lowest BCUT2D eigenvalue weighted by Crippen LogP contribution is -2.46. The fourth-order valence-corrected chi connectivity index (χ4v) is 3.93. The van der Waals surface area contributed by atoms with Gasteiger partial charge in [-0.15, -0.1) is 35.3 Å². The number of aromatic nitrogens is 2. The van der Waals surface area contributed by atoms with Gasteiger partial charge in [0.2, 0.25) is 0 Å². The molecule has 9 heteroatoms. The van der Waals surface area contributed by atoms with Crippen molar-refractivity contribution in [2.45, 2.75) is 19.5 Å². The van der Waals surface area contributed by atoms with Crippen LogP contribution in [-0.2, 0) is 11.3 Å². The van der Waals surface area contributed by atoms with E-state index in [0.717, 1.165) is 51.9 Å². The molecule has 0 aliphatic carbocycles. The summed E-state index contributed by atoms with van der Waals surface area (Å²) < 4.78 is 7.45. The van der Waals surface area contributed by atoms with Crippen LogP contribution in [0.5, 0.6) is 0 Å². The van der Waals surface area contributed by atoms with Gasteiger partial charge in [-0.3, -0.25) is 14.6 Å². The van der Waals surface area contributed by atoms with E-state index in [1.54, 1.807) is 0 Å². The average Bonchev–Trinajstić information content (AvgIpc) is 3.33. The van der Waals surface area contributed by atoms with E-state index in [0.29, 0.717) is 6.04 Å². The van der Waals surface area contributed by atoms with Gasteiger partial charge in [0.1, 0.15) is 0 Å². The van der Waals surface area contributed by atoms with Crippen molar-refractivity contribution in [1.82, 2.24) is 25.3 Å². The highest BCUT2D eigenvalue weighted by Crippen LogP contribution is 2.25. The number of thiophene rings is 1. The normalized spacial score (nSPS) is 16.6. The summed E-state index contributed by atoms with van der Waals surface area (Å²) in [4.78, 5) is 8.21. The van der Waals surface area contributed by atoms with Crippen molar-refractivity contribution in [2.24, 2.45) is 4.99 Å². The molecule has 0 saturated carbocycles.